The number of nitrogens with two attached hydrogens (primary N) is 1. The van der Waals surface area contributed by atoms with Gasteiger partial charge in [-0.25, -0.2) is 0 Å². The number of methoxy groups -OCH3 is 1. The molecular formula is C17H21NO2S. The molecule has 0 radical (unpaired) electrons. The smallest absolute Gasteiger partial charge is 0.122 e. The second-order valence-electron chi connectivity index (χ2n) is 4.52. The van der Waals surface area contributed by atoms with Crippen LogP contribution in [0, 0.1) is 0 Å². The Hall–Kier alpha value is -1.65. The third-order valence-corrected chi connectivity index (χ3v) is 4.01. The van der Waals surface area contributed by atoms with Gasteiger partial charge in [0.25, 0.3) is 0 Å². The van der Waals surface area contributed by atoms with Crippen LogP contribution in [0.25, 0.3) is 0 Å². The van der Waals surface area contributed by atoms with Crippen molar-refractivity contribution in [3.05, 3.63) is 54.1 Å². The Labute approximate surface area is 130 Å². The summed E-state index contributed by atoms with van der Waals surface area (Å²) in [6.07, 6.45) is 0.790. The van der Waals surface area contributed by atoms with E-state index in [2.05, 4.69) is 12.1 Å². The van der Waals surface area contributed by atoms with Gasteiger partial charge >= 0.3 is 0 Å². The zero-order chi connectivity index (χ0) is 14.9. The van der Waals surface area contributed by atoms with E-state index in [1.54, 1.807) is 18.9 Å². The van der Waals surface area contributed by atoms with E-state index in [4.69, 9.17) is 15.2 Å². The zero-order valence-electron chi connectivity index (χ0n) is 12.2. The third-order valence-electron chi connectivity index (χ3n) is 3.03. The van der Waals surface area contributed by atoms with Crippen LogP contribution in [-0.4, -0.2) is 26.0 Å². The van der Waals surface area contributed by atoms with Crippen LogP contribution in [0.1, 0.15) is 5.56 Å². The standard InChI is InChI=1S/C17H21NO2S/c1-19-15-7-8-17(14(13-15)9-10-18)20-11-12-21-16-5-3-2-4-6-16/h2-8,13H,9-12,18H2,1H3. The van der Waals surface area contributed by atoms with Gasteiger partial charge in [0.1, 0.15) is 11.5 Å². The van der Waals surface area contributed by atoms with Gasteiger partial charge in [0.05, 0.1) is 13.7 Å². The first kappa shape index (κ1) is 15.7. The van der Waals surface area contributed by atoms with Gasteiger partial charge in [-0.15, -0.1) is 11.8 Å². The Bertz CT molecular complexity index is 546. The van der Waals surface area contributed by atoms with Crippen molar-refractivity contribution in [2.75, 3.05) is 26.0 Å². The molecule has 2 aromatic rings. The Morgan fingerprint density at radius 1 is 1.10 bits per heavy atom. The highest BCUT2D eigenvalue weighted by molar-refractivity contribution is 7.99. The van der Waals surface area contributed by atoms with E-state index in [0.717, 1.165) is 29.2 Å². The molecule has 0 aliphatic rings. The summed E-state index contributed by atoms with van der Waals surface area (Å²) in [5, 5.41) is 0. The van der Waals surface area contributed by atoms with E-state index in [9.17, 15) is 0 Å². The predicted molar refractivity (Wildman–Crippen MR) is 88.4 cm³/mol. The van der Waals surface area contributed by atoms with Crippen LogP contribution < -0.4 is 15.2 Å². The molecule has 0 fully saturated rings. The molecule has 0 aliphatic heterocycles. The number of rotatable bonds is 8. The lowest BCUT2D eigenvalue weighted by Gasteiger charge is -2.12. The van der Waals surface area contributed by atoms with Gasteiger partial charge in [0.15, 0.2) is 0 Å². The van der Waals surface area contributed by atoms with Crippen molar-refractivity contribution in [2.24, 2.45) is 5.73 Å². The normalized spacial score (nSPS) is 10.4. The van der Waals surface area contributed by atoms with E-state index in [0.29, 0.717) is 13.2 Å². The van der Waals surface area contributed by atoms with E-state index < -0.39 is 0 Å². The lowest BCUT2D eigenvalue weighted by Crippen LogP contribution is -2.07. The van der Waals surface area contributed by atoms with E-state index in [1.807, 2.05) is 36.4 Å². The number of ether oxygens (including phenoxy) is 2. The summed E-state index contributed by atoms with van der Waals surface area (Å²) in [5.74, 6) is 2.65. The minimum absolute atomic E-state index is 0.599. The summed E-state index contributed by atoms with van der Waals surface area (Å²) in [6, 6.07) is 16.2. The van der Waals surface area contributed by atoms with E-state index in [1.165, 1.54) is 4.90 Å². The molecule has 0 aromatic heterocycles. The first-order valence-corrected chi connectivity index (χ1v) is 7.99. The van der Waals surface area contributed by atoms with Gasteiger partial charge in [0.2, 0.25) is 0 Å². The quantitative estimate of drug-likeness (QED) is 0.600. The van der Waals surface area contributed by atoms with Crippen LogP contribution in [0.5, 0.6) is 11.5 Å². The highest BCUT2D eigenvalue weighted by Gasteiger charge is 2.05. The van der Waals surface area contributed by atoms with Gasteiger partial charge in [-0.2, -0.15) is 0 Å². The van der Waals surface area contributed by atoms with Crippen molar-refractivity contribution in [3.8, 4) is 11.5 Å². The monoisotopic (exact) mass is 303 g/mol. The minimum Gasteiger partial charge on any atom is -0.497 e. The van der Waals surface area contributed by atoms with Crippen molar-refractivity contribution >= 4 is 11.8 Å². The summed E-state index contributed by atoms with van der Waals surface area (Å²) < 4.78 is 11.1. The molecule has 0 atom stereocenters. The van der Waals surface area contributed by atoms with Crippen LogP contribution in [0.4, 0.5) is 0 Å². The third kappa shape index (κ3) is 4.99. The molecule has 2 rings (SSSR count). The molecule has 0 heterocycles. The number of hydrogen-bond donors (Lipinski definition) is 1. The molecule has 112 valence electrons. The lowest BCUT2D eigenvalue weighted by atomic mass is 10.1. The van der Waals surface area contributed by atoms with E-state index in [-0.39, 0.29) is 0 Å². The van der Waals surface area contributed by atoms with Gasteiger partial charge < -0.3 is 15.2 Å². The van der Waals surface area contributed by atoms with Crippen LogP contribution in [-0.2, 0) is 6.42 Å². The number of thioether (sulfide) groups is 1. The Morgan fingerprint density at radius 3 is 2.62 bits per heavy atom. The maximum Gasteiger partial charge on any atom is 0.122 e. The topological polar surface area (TPSA) is 44.5 Å². The van der Waals surface area contributed by atoms with Crippen LogP contribution in [0.3, 0.4) is 0 Å². The molecule has 4 heteroatoms. The average molecular weight is 303 g/mol. The predicted octanol–water partition coefficient (Wildman–Crippen LogP) is 3.37. The molecule has 0 amide bonds. The minimum atomic E-state index is 0.599. The molecule has 0 saturated heterocycles. The van der Waals surface area contributed by atoms with Crippen LogP contribution in [0.15, 0.2) is 53.4 Å². The molecule has 2 aromatic carbocycles. The summed E-state index contributed by atoms with van der Waals surface area (Å²) in [7, 11) is 1.67. The van der Waals surface area contributed by atoms with Crippen molar-refractivity contribution < 1.29 is 9.47 Å². The Balaban J connectivity index is 1.87. The van der Waals surface area contributed by atoms with Gasteiger partial charge in [-0.05, 0) is 48.9 Å². The summed E-state index contributed by atoms with van der Waals surface area (Å²) in [6.45, 7) is 1.27. The second-order valence-corrected chi connectivity index (χ2v) is 5.69. The van der Waals surface area contributed by atoms with Crippen LogP contribution in [0.2, 0.25) is 0 Å². The Morgan fingerprint density at radius 2 is 1.90 bits per heavy atom. The van der Waals surface area contributed by atoms with Crippen molar-refractivity contribution in [1.82, 2.24) is 0 Å². The number of benzene rings is 2. The fourth-order valence-corrected chi connectivity index (χ4v) is 2.75. The Kier molecular flexibility index (Phi) is 6.44. The van der Waals surface area contributed by atoms with Gasteiger partial charge in [-0.3, -0.25) is 0 Å². The van der Waals surface area contributed by atoms with Crippen molar-refractivity contribution in [1.29, 1.82) is 0 Å². The van der Waals surface area contributed by atoms with E-state index >= 15 is 0 Å². The van der Waals surface area contributed by atoms with Crippen molar-refractivity contribution in [3.63, 3.8) is 0 Å². The maximum absolute atomic E-state index is 5.88. The highest BCUT2D eigenvalue weighted by Crippen LogP contribution is 2.25. The largest absolute Gasteiger partial charge is 0.497 e. The molecule has 3 nitrogen and oxygen atoms in total. The fraction of sp³-hybridized carbons (Fsp3) is 0.294. The molecule has 0 saturated carbocycles. The molecular weight excluding hydrogens is 282 g/mol. The molecule has 2 N–H and O–H groups in total. The highest BCUT2D eigenvalue weighted by atomic mass is 32.2. The molecule has 0 aliphatic carbocycles. The summed E-state index contributed by atoms with van der Waals surface area (Å²) >= 11 is 1.79. The fourth-order valence-electron chi connectivity index (χ4n) is 2.00. The molecule has 0 bridgehead atoms. The average Bonchev–Trinajstić information content (AvgIpc) is 2.54. The molecule has 0 unspecified atom stereocenters. The first-order valence-electron chi connectivity index (χ1n) is 7.01. The zero-order valence-corrected chi connectivity index (χ0v) is 13.1. The summed E-state index contributed by atoms with van der Waals surface area (Å²) in [5.41, 5.74) is 6.75. The van der Waals surface area contributed by atoms with Crippen molar-refractivity contribution in [2.45, 2.75) is 11.3 Å². The SMILES string of the molecule is COc1ccc(OCCSc2ccccc2)c(CCN)c1. The maximum atomic E-state index is 5.88. The lowest BCUT2D eigenvalue weighted by molar-refractivity contribution is 0.338. The first-order chi connectivity index (χ1) is 10.3. The second kappa shape index (κ2) is 8.60. The molecule has 0 spiro atoms. The van der Waals surface area contributed by atoms with Gasteiger partial charge in [-0.1, -0.05) is 18.2 Å². The number of hydrogen-bond acceptors (Lipinski definition) is 4. The van der Waals surface area contributed by atoms with Gasteiger partial charge in [0, 0.05) is 10.6 Å². The van der Waals surface area contributed by atoms with Crippen LogP contribution >= 0.6 is 11.8 Å². The molecule has 21 heavy (non-hydrogen) atoms. The summed E-state index contributed by atoms with van der Waals surface area (Å²) in [4.78, 5) is 1.26.